The second kappa shape index (κ2) is 2.91. The molecule has 11 heavy (non-hydrogen) atoms. The SMILES string of the molecule is CC1(CS(=O)O)CCNC1=O. The Hall–Kier alpha value is -0.420. The van der Waals surface area contributed by atoms with Gasteiger partial charge in [-0.25, -0.2) is 4.21 Å². The van der Waals surface area contributed by atoms with Gasteiger partial charge in [-0.2, -0.15) is 0 Å². The maximum atomic E-state index is 11.1. The standard InChI is InChI=1S/C6H11NO3S/c1-6(4-11(9)10)2-3-7-5(6)8/h2-4H2,1H3,(H,7,8)(H,9,10). The van der Waals surface area contributed by atoms with Gasteiger partial charge >= 0.3 is 0 Å². The number of amides is 1. The molecular formula is C6H11NO3S. The molecule has 4 nitrogen and oxygen atoms in total. The summed E-state index contributed by atoms with van der Waals surface area (Å²) in [6, 6.07) is 0. The van der Waals surface area contributed by atoms with E-state index in [-0.39, 0.29) is 11.7 Å². The Bertz CT molecular complexity index is 206. The van der Waals surface area contributed by atoms with Crippen molar-refractivity contribution in [3.8, 4) is 0 Å². The fraction of sp³-hybridized carbons (Fsp3) is 0.833. The van der Waals surface area contributed by atoms with Crippen LogP contribution in [0.2, 0.25) is 0 Å². The van der Waals surface area contributed by atoms with E-state index in [0.29, 0.717) is 13.0 Å². The van der Waals surface area contributed by atoms with Crippen LogP contribution in [-0.2, 0) is 15.9 Å². The number of carbonyl (C=O) groups is 1. The molecule has 64 valence electrons. The molecule has 1 aliphatic heterocycles. The lowest BCUT2D eigenvalue weighted by molar-refractivity contribution is -0.125. The van der Waals surface area contributed by atoms with Crippen molar-refractivity contribution in [2.75, 3.05) is 12.3 Å². The molecule has 1 heterocycles. The smallest absolute Gasteiger partial charge is 0.227 e. The van der Waals surface area contributed by atoms with Crippen LogP contribution in [0.25, 0.3) is 0 Å². The summed E-state index contributed by atoms with van der Waals surface area (Å²) in [7, 11) is 0. The third-order valence-corrected chi connectivity index (χ3v) is 2.84. The summed E-state index contributed by atoms with van der Waals surface area (Å²) in [6.45, 7) is 2.33. The number of hydrogen-bond acceptors (Lipinski definition) is 2. The number of carbonyl (C=O) groups excluding carboxylic acids is 1. The van der Waals surface area contributed by atoms with Crippen LogP contribution in [0.1, 0.15) is 13.3 Å². The average Bonchev–Trinajstić information content (AvgIpc) is 2.11. The zero-order valence-corrected chi connectivity index (χ0v) is 7.11. The van der Waals surface area contributed by atoms with E-state index < -0.39 is 16.5 Å². The molecule has 1 aliphatic rings. The highest BCUT2D eigenvalue weighted by atomic mass is 32.2. The molecule has 0 bridgehead atoms. The molecule has 0 aromatic heterocycles. The Balaban J connectivity index is 2.65. The van der Waals surface area contributed by atoms with Crippen LogP contribution in [-0.4, -0.2) is 27.0 Å². The minimum absolute atomic E-state index is 0.0405. The van der Waals surface area contributed by atoms with Crippen molar-refractivity contribution in [3.63, 3.8) is 0 Å². The lowest BCUT2D eigenvalue weighted by Gasteiger charge is -2.16. The maximum Gasteiger partial charge on any atom is 0.227 e. The first kappa shape index (κ1) is 8.67. The molecule has 0 aromatic rings. The van der Waals surface area contributed by atoms with Gasteiger partial charge in [0.1, 0.15) is 0 Å². The van der Waals surface area contributed by atoms with E-state index in [1.807, 2.05) is 0 Å². The summed E-state index contributed by atoms with van der Waals surface area (Å²) in [4.78, 5) is 11.1. The summed E-state index contributed by atoms with van der Waals surface area (Å²) in [5, 5.41) is 2.63. The molecule has 0 aromatic carbocycles. The lowest BCUT2D eigenvalue weighted by Crippen LogP contribution is -2.33. The third-order valence-electron chi connectivity index (χ3n) is 1.95. The van der Waals surface area contributed by atoms with Crippen LogP contribution >= 0.6 is 0 Å². The Morgan fingerprint density at radius 1 is 1.82 bits per heavy atom. The molecule has 1 fully saturated rings. The summed E-state index contributed by atoms with van der Waals surface area (Å²) in [6.07, 6.45) is 0.651. The van der Waals surface area contributed by atoms with Crippen LogP contribution < -0.4 is 5.32 Å². The van der Waals surface area contributed by atoms with Gasteiger partial charge < -0.3 is 9.87 Å². The molecule has 0 spiro atoms. The predicted molar refractivity (Wildman–Crippen MR) is 41.4 cm³/mol. The van der Waals surface area contributed by atoms with Crippen molar-refractivity contribution < 1.29 is 13.6 Å². The van der Waals surface area contributed by atoms with E-state index in [2.05, 4.69) is 5.32 Å². The second-order valence-electron chi connectivity index (χ2n) is 3.03. The molecule has 2 unspecified atom stereocenters. The summed E-state index contributed by atoms with van der Waals surface area (Å²) < 4.78 is 19.0. The van der Waals surface area contributed by atoms with Crippen LogP contribution in [0.3, 0.4) is 0 Å². The molecule has 0 radical (unpaired) electrons. The van der Waals surface area contributed by atoms with Gasteiger partial charge in [-0.1, -0.05) is 0 Å². The Kier molecular flexibility index (Phi) is 2.29. The van der Waals surface area contributed by atoms with Crippen molar-refractivity contribution in [3.05, 3.63) is 0 Å². The summed E-state index contributed by atoms with van der Waals surface area (Å²) in [5.74, 6) is -0.0707. The third kappa shape index (κ3) is 1.78. The number of nitrogens with one attached hydrogen (secondary N) is 1. The van der Waals surface area contributed by atoms with E-state index in [4.69, 9.17) is 4.55 Å². The predicted octanol–water partition coefficient (Wildman–Crippen LogP) is -0.266. The lowest BCUT2D eigenvalue weighted by atomic mass is 9.92. The molecule has 2 N–H and O–H groups in total. The van der Waals surface area contributed by atoms with Crippen molar-refractivity contribution in [1.29, 1.82) is 0 Å². The topological polar surface area (TPSA) is 66.4 Å². The zero-order valence-electron chi connectivity index (χ0n) is 6.29. The van der Waals surface area contributed by atoms with Gasteiger partial charge in [-0.3, -0.25) is 4.79 Å². The fourth-order valence-electron chi connectivity index (χ4n) is 1.19. The van der Waals surface area contributed by atoms with Crippen LogP contribution in [0.5, 0.6) is 0 Å². The van der Waals surface area contributed by atoms with Gasteiger partial charge in [-0.05, 0) is 13.3 Å². The highest BCUT2D eigenvalue weighted by Crippen LogP contribution is 2.26. The van der Waals surface area contributed by atoms with Crippen molar-refractivity contribution in [2.45, 2.75) is 13.3 Å². The maximum absolute atomic E-state index is 11.1. The number of rotatable bonds is 2. The van der Waals surface area contributed by atoms with Crippen molar-refractivity contribution >= 4 is 17.0 Å². The molecule has 1 amide bonds. The van der Waals surface area contributed by atoms with Crippen LogP contribution in [0.15, 0.2) is 0 Å². The normalized spacial score (nSPS) is 33.5. The monoisotopic (exact) mass is 177 g/mol. The molecular weight excluding hydrogens is 166 g/mol. The second-order valence-corrected chi connectivity index (χ2v) is 3.96. The van der Waals surface area contributed by atoms with Crippen LogP contribution in [0, 0.1) is 5.41 Å². The first-order valence-corrected chi connectivity index (χ1v) is 4.68. The van der Waals surface area contributed by atoms with E-state index >= 15 is 0 Å². The summed E-state index contributed by atoms with van der Waals surface area (Å²) >= 11 is -1.88. The highest BCUT2D eigenvalue weighted by Gasteiger charge is 2.38. The Morgan fingerprint density at radius 3 is 2.82 bits per heavy atom. The summed E-state index contributed by atoms with van der Waals surface area (Å²) in [5.41, 5.74) is -0.625. The van der Waals surface area contributed by atoms with Crippen molar-refractivity contribution in [2.24, 2.45) is 5.41 Å². The quantitative estimate of drug-likeness (QED) is 0.571. The van der Waals surface area contributed by atoms with E-state index in [1.54, 1.807) is 6.92 Å². The minimum atomic E-state index is -1.88. The van der Waals surface area contributed by atoms with Crippen LogP contribution in [0.4, 0.5) is 0 Å². The molecule has 0 aliphatic carbocycles. The van der Waals surface area contributed by atoms with Gasteiger partial charge in [0.15, 0.2) is 11.1 Å². The van der Waals surface area contributed by atoms with E-state index in [9.17, 15) is 9.00 Å². The largest absolute Gasteiger partial charge is 0.356 e. The van der Waals surface area contributed by atoms with E-state index in [1.165, 1.54) is 0 Å². The van der Waals surface area contributed by atoms with Gasteiger partial charge in [0.25, 0.3) is 0 Å². The fourth-order valence-corrected chi connectivity index (χ4v) is 2.01. The zero-order chi connectivity index (χ0) is 8.48. The molecule has 5 heteroatoms. The first-order chi connectivity index (χ1) is 5.04. The molecule has 1 rings (SSSR count). The number of hydrogen-bond donors (Lipinski definition) is 2. The van der Waals surface area contributed by atoms with Crippen molar-refractivity contribution in [1.82, 2.24) is 5.32 Å². The molecule has 0 saturated carbocycles. The van der Waals surface area contributed by atoms with Gasteiger partial charge in [0.2, 0.25) is 5.91 Å². The van der Waals surface area contributed by atoms with Gasteiger partial charge in [-0.15, -0.1) is 0 Å². The Morgan fingerprint density at radius 2 is 2.45 bits per heavy atom. The average molecular weight is 177 g/mol. The van der Waals surface area contributed by atoms with E-state index in [0.717, 1.165) is 0 Å². The van der Waals surface area contributed by atoms with Gasteiger partial charge in [0.05, 0.1) is 11.2 Å². The Labute approximate surface area is 67.6 Å². The first-order valence-electron chi connectivity index (χ1n) is 3.40. The highest BCUT2D eigenvalue weighted by molar-refractivity contribution is 7.79. The molecule has 2 atom stereocenters. The molecule has 1 saturated heterocycles. The van der Waals surface area contributed by atoms with Gasteiger partial charge in [0, 0.05) is 6.54 Å². The minimum Gasteiger partial charge on any atom is -0.356 e.